The molecule has 0 aliphatic carbocycles. The van der Waals surface area contributed by atoms with Crippen molar-refractivity contribution in [1.82, 2.24) is 0 Å². The maximum absolute atomic E-state index is 9.79. The third-order valence-corrected chi connectivity index (χ3v) is 1.95. The van der Waals surface area contributed by atoms with Gasteiger partial charge in [-0.15, -0.1) is 6.58 Å². The monoisotopic (exact) mass is 224 g/mol. The third-order valence-electron chi connectivity index (χ3n) is 1.02. The molecule has 0 aromatic heterocycles. The van der Waals surface area contributed by atoms with Gasteiger partial charge in [0, 0.05) is 6.42 Å². The van der Waals surface area contributed by atoms with Gasteiger partial charge in [0.1, 0.15) is 0 Å². The van der Waals surface area contributed by atoms with Crippen molar-refractivity contribution in [3.63, 3.8) is 0 Å². The second-order valence-electron chi connectivity index (χ2n) is 2.51. The van der Waals surface area contributed by atoms with Gasteiger partial charge in [-0.25, -0.2) is 0 Å². The van der Waals surface area contributed by atoms with Gasteiger partial charge in [0.05, 0.1) is 5.75 Å². The molecule has 0 unspecified atom stereocenters. The number of aliphatic carboxylic acids is 1. The molecule has 0 aromatic rings. The van der Waals surface area contributed by atoms with Crippen molar-refractivity contribution in [2.75, 3.05) is 5.75 Å². The number of hydrogen-bond donors (Lipinski definition) is 2. The van der Waals surface area contributed by atoms with Gasteiger partial charge in [-0.2, -0.15) is 8.42 Å². The highest BCUT2D eigenvalue weighted by atomic mass is 32.2. The van der Waals surface area contributed by atoms with E-state index >= 15 is 0 Å². The van der Waals surface area contributed by atoms with Gasteiger partial charge in [-0.05, 0) is 12.8 Å². The summed E-state index contributed by atoms with van der Waals surface area (Å²) in [4.78, 5) is 9.71. The number of carboxylic acid groups (broad SMARTS) is 1. The summed E-state index contributed by atoms with van der Waals surface area (Å²) in [7, 11) is -3.67. The first-order valence-electron chi connectivity index (χ1n) is 4.11. The zero-order valence-electron chi connectivity index (χ0n) is 8.14. The van der Waals surface area contributed by atoms with Crippen molar-refractivity contribution in [3.05, 3.63) is 12.7 Å². The maximum atomic E-state index is 9.79. The van der Waals surface area contributed by atoms with E-state index in [1.54, 1.807) is 13.0 Å². The predicted octanol–water partition coefficient (Wildman–Crippen LogP) is 1.32. The predicted molar refractivity (Wildman–Crippen MR) is 53.8 cm³/mol. The average Bonchev–Trinajstić information content (AvgIpc) is 1.99. The molecule has 0 atom stereocenters. The Morgan fingerprint density at radius 1 is 1.50 bits per heavy atom. The van der Waals surface area contributed by atoms with Gasteiger partial charge in [0.2, 0.25) is 0 Å². The van der Waals surface area contributed by atoms with Gasteiger partial charge >= 0.3 is 5.97 Å². The summed E-state index contributed by atoms with van der Waals surface area (Å²) in [6.45, 7) is 5.06. The molecule has 0 rings (SSSR count). The van der Waals surface area contributed by atoms with Crippen molar-refractivity contribution in [2.24, 2.45) is 0 Å². The number of carbonyl (C=O) groups is 1. The first kappa shape index (κ1) is 15.6. The topological polar surface area (TPSA) is 91.7 Å². The second kappa shape index (κ2) is 8.71. The van der Waals surface area contributed by atoms with Crippen LogP contribution in [0, 0.1) is 0 Å². The highest BCUT2D eigenvalue weighted by Gasteiger charge is 1.98. The van der Waals surface area contributed by atoms with E-state index in [1.807, 2.05) is 0 Å². The first-order chi connectivity index (χ1) is 6.33. The van der Waals surface area contributed by atoms with E-state index in [-0.39, 0.29) is 12.2 Å². The fraction of sp³-hybridized carbons (Fsp3) is 0.625. The van der Waals surface area contributed by atoms with Crippen LogP contribution in [-0.4, -0.2) is 29.8 Å². The zero-order chi connectivity index (χ0) is 11.6. The molecule has 0 radical (unpaired) electrons. The van der Waals surface area contributed by atoms with Gasteiger partial charge < -0.3 is 5.11 Å². The molecule has 5 nitrogen and oxygen atoms in total. The molecule has 2 N–H and O–H groups in total. The van der Waals surface area contributed by atoms with Gasteiger partial charge in [-0.1, -0.05) is 13.0 Å². The molecule has 0 amide bonds. The normalized spacial score (nSPS) is 9.86. The number of carboxylic acids is 1. The smallest absolute Gasteiger partial charge is 0.303 e. The van der Waals surface area contributed by atoms with Crippen LogP contribution in [0.1, 0.15) is 26.2 Å². The molecule has 0 saturated heterocycles. The fourth-order valence-corrected chi connectivity index (χ4v) is 0.999. The lowest BCUT2D eigenvalue weighted by Crippen LogP contribution is -2.01. The molecule has 84 valence electrons. The Hall–Kier alpha value is -0.880. The Labute approximate surface area is 84.2 Å². The average molecular weight is 224 g/mol. The zero-order valence-corrected chi connectivity index (χ0v) is 8.96. The number of hydrogen-bond acceptors (Lipinski definition) is 3. The van der Waals surface area contributed by atoms with E-state index in [0.717, 1.165) is 0 Å². The number of rotatable bonds is 5. The van der Waals surface area contributed by atoms with Crippen LogP contribution in [0.3, 0.4) is 0 Å². The quantitative estimate of drug-likeness (QED) is 0.542. The molecule has 0 heterocycles. The Morgan fingerprint density at radius 3 is 2.07 bits per heavy atom. The first-order valence-corrected chi connectivity index (χ1v) is 5.72. The van der Waals surface area contributed by atoms with Crippen LogP contribution < -0.4 is 0 Å². The van der Waals surface area contributed by atoms with Crippen molar-refractivity contribution in [3.8, 4) is 0 Å². The summed E-state index contributed by atoms with van der Waals surface area (Å²) < 4.78 is 27.6. The van der Waals surface area contributed by atoms with Crippen LogP contribution in [0.2, 0.25) is 0 Å². The van der Waals surface area contributed by atoms with E-state index in [1.165, 1.54) is 0 Å². The lowest BCUT2D eigenvalue weighted by molar-refractivity contribution is -0.136. The van der Waals surface area contributed by atoms with Crippen molar-refractivity contribution in [1.29, 1.82) is 0 Å². The van der Waals surface area contributed by atoms with E-state index in [4.69, 9.17) is 9.66 Å². The Balaban J connectivity index is 0. The Bertz CT molecular complexity index is 255. The summed E-state index contributed by atoms with van der Waals surface area (Å²) in [5, 5.41) is 8.00. The largest absolute Gasteiger partial charge is 0.481 e. The van der Waals surface area contributed by atoms with Crippen LogP contribution in [0.5, 0.6) is 0 Å². The SMILES string of the molecule is C=CCCC(=O)O.CCCS(=O)(=O)O. The van der Waals surface area contributed by atoms with Crippen molar-refractivity contribution in [2.45, 2.75) is 26.2 Å². The minimum Gasteiger partial charge on any atom is -0.481 e. The Kier molecular flexibility index (Phi) is 9.69. The molecule has 0 bridgehead atoms. The molecule has 0 aliphatic heterocycles. The van der Waals surface area contributed by atoms with Crippen molar-refractivity contribution >= 4 is 16.1 Å². The molecule has 0 aliphatic rings. The molecular formula is C8H16O5S. The third kappa shape index (κ3) is 22.5. The highest BCUT2D eigenvalue weighted by molar-refractivity contribution is 7.85. The van der Waals surface area contributed by atoms with E-state index in [2.05, 4.69) is 6.58 Å². The van der Waals surface area contributed by atoms with Gasteiger partial charge in [-0.3, -0.25) is 9.35 Å². The summed E-state index contributed by atoms with van der Waals surface area (Å²) >= 11 is 0. The maximum Gasteiger partial charge on any atom is 0.303 e. The highest BCUT2D eigenvalue weighted by Crippen LogP contribution is 1.86. The lowest BCUT2D eigenvalue weighted by Gasteiger charge is -1.85. The minimum atomic E-state index is -3.67. The lowest BCUT2D eigenvalue weighted by atomic mass is 10.3. The molecule has 0 spiro atoms. The van der Waals surface area contributed by atoms with E-state index in [0.29, 0.717) is 12.8 Å². The van der Waals surface area contributed by atoms with Gasteiger partial charge in [0.25, 0.3) is 10.1 Å². The van der Waals surface area contributed by atoms with Crippen LogP contribution in [0.15, 0.2) is 12.7 Å². The van der Waals surface area contributed by atoms with Crippen LogP contribution >= 0.6 is 0 Å². The van der Waals surface area contributed by atoms with Crippen LogP contribution in [-0.2, 0) is 14.9 Å². The van der Waals surface area contributed by atoms with Crippen LogP contribution in [0.4, 0.5) is 0 Å². The Morgan fingerprint density at radius 2 is 2.00 bits per heavy atom. The summed E-state index contributed by atoms with van der Waals surface area (Å²) in [6, 6.07) is 0. The molecule has 0 saturated carbocycles. The standard InChI is InChI=1S/C5H8O2.C3H8O3S/c1-2-3-4-5(6)7;1-2-3-7(4,5)6/h2H,1,3-4H2,(H,6,7);2-3H2,1H3,(H,4,5,6). The molecule has 14 heavy (non-hydrogen) atoms. The molecule has 0 aromatic carbocycles. The second-order valence-corrected chi connectivity index (χ2v) is 4.08. The number of allylic oxidation sites excluding steroid dienone is 1. The summed E-state index contributed by atoms with van der Waals surface area (Å²) in [6.07, 6.45) is 2.83. The fourth-order valence-electron chi connectivity index (χ4n) is 0.483. The summed E-state index contributed by atoms with van der Waals surface area (Å²) in [5.41, 5.74) is 0. The van der Waals surface area contributed by atoms with E-state index < -0.39 is 16.1 Å². The summed E-state index contributed by atoms with van der Waals surface area (Å²) in [5.74, 6) is -0.896. The molecule has 0 fully saturated rings. The molecular weight excluding hydrogens is 208 g/mol. The molecule has 6 heteroatoms. The van der Waals surface area contributed by atoms with Crippen LogP contribution in [0.25, 0.3) is 0 Å². The minimum absolute atomic E-state index is 0.132. The van der Waals surface area contributed by atoms with Crippen molar-refractivity contribution < 1.29 is 22.9 Å². The van der Waals surface area contributed by atoms with E-state index in [9.17, 15) is 13.2 Å². The van der Waals surface area contributed by atoms with Gasteiger partial charge in [0.15, 0.2) is 0 Å².